The Morgan fingerprint density at radius 2 is 1.94 bits per heavy atom. The summed E-state index contributed by atoms with van der Waals surface area (Å²) in [6.45, 7) is 3.20. The maximum Gasteiger partial charge on any atom is 0.440 e. The number of nitrogens with one attached hydrogen (secondary N) is 1. The van der Waals surface area contributed by atoms with E-state index in [2.05, 4.69) is 20.0 Å². The molecule has 0 aliphatic rings. The van der Waals surface area contributed by atoms with Crippen LogP contribution in [0.1, 0.15) is 13.8 Å². The molecule has 0 radical (unpaired) electrons. The Balaban J connectivity index is 4.36. The van der Waals surface area contributed by atoms with Gasteiger partial charge in [0, 0.05) is 0 Å². The molecule has 0 heterocycles. The number of hydrogen-bond acceptors (Lipinski definition) is 7. The van der Waals surface area contributed by atoms with Crippen molar-refractivity contribution in [2.45, 2.75) is 13.8 Å². The molecule has 0 aromatic rings. The van der Waals surface area contributed by atoms with Crippen LogP contribution in [0.15, 0.2) is 10.3 Å². The average molecular weight is 226 g/mol. The molecule has 0 unspecified atom stereocenters. The normalized spacial score (nSPS) is 9.75. The first-order chi connectivity index (χ1) is 7.51. The molecule has 0 rings (SSSR count). The van der Waals surface area contributed by atoms with Gasteiger partial charge in [0.05, 0.1) is 5.71 Å². The molecule has 0 aliphatic carbocycles. The van der Waals surface area contributed by atoms with E-state index in [1.165, 1.54) is 6.07 Å². The molecule has 1 N–H and O–H groups in total. The topological polar surface area (TPSA) is 113 Å². The van der Waals surface area contributed by atoms with Crippen molar-refractivity contribution >= 4 is 23.4 Å². The van der Waals surface area contributed by atoms with Gasteiger partial charge in [-0.05, 0) is 13.8 Å². The fourth-order valence-corrected chi connectivity index (χ4v) is 0.511. The lowest BCUT2D eigenvalue weighted by Gasteiger charge is -1.99. The van der Waals surface area contributed by atoms with Gasteiger partial charge in [0.1, 0.15) is 13.2 Å². The van der Waals surface area contributed by atoms with Gasteiger partial charge in [0.15, 0.2) is 0 Å². The number of hydrogen-bond donors (Lipinski definition) is 1. The van der Waals surface area contributed by atoms with Gasteiger partial charge < -0.3 is 4.84 Å². The first-order valence-electron chi connectivity index (χ1n) is 4.06. The Kier molecular flexibility index (Phi) is 5.89. The van der Waals surface area contributed by atoms with E-state index in [9.17, 15) is 9.59 Å². The smallest absolute Gasteiger partial charge is 0.398 e. The fourth-order valence-electron chi connectivity index (χ4n) is 0.511. The van der Waals surface area contributed by atoms with E-state index < -0.39 is 17.7 Å². The minimum atomic E-state index is -1.11. The quantitative estimate of drug-likeness (QED) is 0.418. The van der Waals surface area contributed by atoms with Crippen LogP contribution in [0.25, 0.3) is 0 Å². The van der Waals surface area contributed by atoms with Crippen molar-refractivity contribution in [3.8, 4) is 6.07 Å². The molecule has 0 spiro atoms. The van der Waals surface area contributed by atoms with Gasteiger partial charge in [0.2, 0.25) is 5.71 Å². The third kappa shape index (κ3) is 5.33. The number of rotatable bonds is 3. The third-order valence-corrected chi connectivity index (χ3v) is 1.03. The predicted octanol–water partition coefficient (Wildman–Crippen LogP) is 0.161. The van der Waals surface area contributed by atoms with Gasteiger partial charge in [0.25, 0.3) is 5.91 Å². The summed E-state index contributed by atoms with van der Waals surface area (Å²) in [5.74, 6) is -1.03. The zero-order valence-corrected chi connectivity index (χ0v) is 8.97. The Hall–Kier alpha value is -2.43. The maximum atomic E-state index is 11.1. The van der Waals surface area contributed by atoms with E-state index in [0.717, 1.165) is 7.11 Å². The molecule has 0 atom stereocenters. The summed E-state index contributed by atoms with van der Waals surface area (Å²) in [4.78, 5) is 30.5. The van der Waals surface area contributed by atoms with Gasteiger partial charge >= 0.3 is 6.09 Å². The summed E-state index contributed by atoms with van der Waals surface area (Å²) in [5.41, 5.74) is -0.106. The molecule has 0 saturated carbocycles. The molecule has 0 bridgehead atoms. The zero-order valence-electron chi connectivity index (χ0n) is 8.97. The summed E-state index contributed by atoms with van der Waals surface area (Å²) in [7, 11) is 1.16. The fraction of sp³-hybridized carbons (Fsp3) is 0.375. The predicted molar refractivity (Wildman–Crippen MR) is 53.5 cm³/mol. The monoisotopic (exact) mass is 226 g/mol. The highest BCUT2D eigenvalue weighted by Gasteiger charge is 2.16. The molecule has 86 valence electrons. The van der Waals surface area contributed by atoms with Crippen LogP contribution in [0.5, 0.6) is 0 Å². The van der Waals surface area contributed by atoms with E-state index in [4.69, 9.17) is 5.26 Å². The Morgan fingerprint density at radius 3 is 2.38 bits per heavy atom. The number of imide groups is 1. The number of carbonyl (C=O) groups is 2. The van der Waals surface area contributed by atoms with Gasteiger partial charge in [-0.15, -0.1) is 0 Å². The second-order valence-corrected chi connectivity index (χ2v) is 2.61. The van der Waals surface area contributed by atoms with Gasteiger partial charge in [-0.1, -0.05) is 10.3 Å². The van der Waals surface area contributed by atoms with Crippen LogP contribution in [0.2, 0.25) is 0 Å². The summed E-state index contributed by atoms with van der Waals surface area (Å²) < 4.78 is 0. The standard InChI is InChI=1S/C8H10N4O4/c1-5(2)11-16-8(14)10-7(13)6(4-9)12-15-3/h1-3H3,(H,10,13,14)/b12-6+. The van der Waals surface area contributed by atoms with Crippen LogP contribution >= 0.6 is 0 Å². The molecule has 8 nitrogen and oxygen atoms in total. The summed E-state index contributed by atoms with van der Waals surface area (Å²) in [6.07, 6.45) is -1.11. The number of nitrogens with zero attached hydrogens (tertiary/aromatic N) is 3. The molecule has 0 aromatic heterocycles. The number of nitriles is 1. The van der Waals surface area contributed by atoms with Crippen molar-refractivity contribution in [3.63, 3.8) is 0 Å². The maximum absolute atomic E-state index is 11.1. The molecular weight excluding hydrogens is 216 g/mol. The van der Waals surface area contributed by atoms with E-state index in [1.54, 1.807) is 19.2 Å². The Bertz CT molecular complexity index is 376. The summed E-state index contributed by atoms with van der Waals surface area (Å²) >= 11 is 0. The van der Waals surface area contributed by atoms with Crippen LogP contribution < -0.4 is 5.32 Å². The molecule has 0 saturated heterocycles. The first-order valence-corrected chi connectivity index (χ1v) is 4.06. The Labute approximate surface area is 91.5 Å². The molecule has 0 aromatic carbocycles. The number of amides is 2. The van der Waals surface area contributed by atoms with Crippen LogP contribution in [-0.2, 0) is 14.5 Å². The largest absolute Gasteiger partial charge is 0.440 e. The lowest BCUT2D eigenvalue weighted by Crippen LogP contribution is -2.35. The van der Waals surface area contributed by atoms with E-state index in [1.807, 2.05) is 0 Å². The van der Waals surface area contributed by atoms with Crippen molar-refractivity contribution in [2.24, 2.45) is 10.3 Å². The van der Waals surface area contributed by atoms with E-state index >= 15 is 0 Å². The summed E-state index contributed by atoms with van der Waals surface area (Å²) in [6, 6.07) is 1.44. The molecule has 8 heteroatoms. The van der Waals surface area contributed by atoms with E-state index in [-0.39, 0.29) is 0 Å². The van der Waals surface area contributed by atoms with Crippen molar-refractivity contribution < 1.29 is 19.3 Å². The lowest BCUT2D eigenvalue weighted by atomic mass is 10.4. The van der Waals surface area contributed by atoms with Crippen LogP contribution in [0.4, 0.5) is 4.79 Å². The van der Waals surface area contributed by atoms with Crippen LogP contribution in [-0.4, -0.2) is 30.5 Å². The SMILES string of the molecule is CO/N=C(\C#N)C(=O)NC(=O)ON=C(C)C. The molecule has 16 heavy (non-hydrogen) atoms. The van der Waals surface area contributed by atoms with E-state index in [0.29, 0.717) is 5.71 Å². The average Bonchev–Trinajstić information content (AvgIpc) is 2.22. The van der Waals surface area contributed by atoms with Crippen LogP contribution in [0.3, 0.4) is 0 Å². The second kappa shape index (κ2) is 6.94. The van der Waals surface area contributed by atoms with Crippen molar-refractivity contribution in [3.05, 3.63) is 0 Å². The van der Waals surface area contributed by atoms with Crippen molar-refractivity contribution in [2.75, 3.05) is 7.11 Å². The number of carbonyl (C=O) groups excluding carboxylic acids is 2. The van der Waals surface area contributed by atoms with Gasteiger partial charge in [-0.2, -0.15) is 5.26 Å². The molecular formula is C8H10N4O4. The second-order valence-electron chi connectivity index (χ2n) is 2.61. The molecule has 0 aliphatic heterocycles. The zero-order chi connectivity index (χ0) is 12.6. The number of oxime groups is 2. The summed E-state index contributed by atoms with van der Waals surface area (Å²) in [5, 5.41) is 16.6. The molecule has 2 amide bonds. The highest BCUT2D eigenvalue weighted by Crippen LogP contribution is 1.84. The Morgan fingerprint density at radius 1 is 1.31 bits per heavy atom. The van der Waals surface area contributed by atoms with Gasteiger partial charge in [-0.3, -0.25) is 14.9 Å². The molecule has 0 fully saturated rings. The highest BCUT2D eigenvalue weighted by atomic mass is 16.7. The minimum absolute atomic E-state index is 0.494. The lowest BCUT2D eigenvalue weighted by molar-refractivity contribution is -0.114. The van der Waals surface area contributed by atoms with Crippen LogP contribution in [0, 0.1) is 11.3 Å². The van der Waals surface area contributed by atoms with Gasteiger partial charge in [-0.25, -0.2) is 4.79 Å². The first kappa shape index (κ1) is 13.6. The van der Waals surface area contributed by atoms with Crippen molar-refractivity contribution in [1.29, 1.82) is 5.26 Å². The highest BCUT2D eigenvalue weighted by molar-refractivity contribution is 6.46. The third-order valence-electron chi connectivity index (χ3n) is 1.03. The minimum Gasteiger partial charge on any atom is -0.398 e. The van der Waals surface area contributed by atoms with Crippen molar-refractivity contribution in [1.82, 2.24) is 5.32 Å².